The SMILES string of the molecule is CC(C)C1(C(=O)OC(C)(C)C(C)(C)O)CC2CCC1(C)C2(C)C. The molecule has 3 heteroatoms. The summed E-state index contributed by atoms with van der Waals surface area (Å²) >= 11 is 0. The second-order valence-electron chi connectivity index (χ2n) is 10.1. The number of carbonyl (C=O) groups is 1. The summed E-state index contributed by atoms with van der Waals surface area (Å²) in [4.78, 5) is 13.4. The molecule has 2 bridgehead atoms. The fraction of sp³-hybridized carbons (Fsp3) is 0.950. The second-order valence-corrected chi connectivity index (χ2v) is 10.1. The Morgan fingerprint density at radius 2 is 1.70 bits per heavy atom. The number of fused-ring (bicyclic) bond motifs is 2. The molecule has 3 nitrogen and oxygen atoms in total. The molecule has 23 heavy (non-hydrogen) atoms. The Balaban J connectivity index is 2.44. The van der Waals surface area contributed by atoms with E-state index in [-0.39, 0.29) is 22.7 Å². The van der Waals surface area contributed by atoms with Gasteiger partial charge in [-0.1, -0.05) is 34.6 Å². The van der Waals surface area contributed by atoms with Crippen LogP contribution in [0, 0.1) is 28.1 Å². The normalized spacial score (nSPS) is 36.6. The fourth-order valence-electron chi connectivity index (χ4n) is 5.23. The molecule has 0 spiro atoms. The number of hydrogen-bond acceptors (Lipinski definition) is 3. The molecular weight excluding hydrogens is 288 g/mol. The first kappa shape index (κ1) is 18.8. The van der Waals surface area contributed by atoms with E-state index < -0.39 is 16.6 Å². The van der Waals surface area contributed by atoms with Gasteiger partial charge in [0, 0.05) is 0 Å². The summed E-state index contributed by atoms with van der Waals surface area (Å²) in [5.41, 5.74) is -2.34. The fourth-order valence-corrected chi connectivity index (χ4v) is 5.23. The van der Waals surface area contributed by atoms with Gasteiger partial charge in [-0.15, -0.1) is 0 Å². The van der Waals surface area contributed by atoms with Crippen LogP contribution < -0.4 is 0 Å². The van der Waals surface area contributed by atoms with Gasteiger partial charge >= 0.3 is 5.97 Å². The average Bonchev–Trinajstić information content (AvgIpc) is 2.67. The molecule has 3 atom stereocenters. The maximum Gasteiger partial charge on any atom is 0.313 e. The number of aliphatic hydroxyl groups is 1. The van der Waals surface area contributed by atoms with Gasteiger partial charge in [-0.2, -0.15) is 0 Å². The molecule has 2 fully saturated rings. The number of esters is 1. The van der Waals surface area contributed by atoms with Crippen molar-refractivity contribution < 1.29 is 14.6 Å². The Kier molecular flexibility index (Phi) is 4.05. The molecule has 2 saturated carbocycles. The van der Waals surface area contributed by atoms with Crippen LogP contribution in [-0.2, 0) is 9.53 Å². The molecule has 134 valence electrons. The molecule has 0 aromatic rings. The molecule has 0 aromatic carbocycles. The van der Waals surface area contributed by atoms with E-state index in [4.69, 9.17) is 4.74 Å². The van der Waals surface area contributed by atoms with Crippen molar-refractivity contribution >= 4 is 5.97 Å². The summed E-state index contributed by atoms with van der Waals surface area (Å²) in [7, 11) is 0. The highest BCUT2D eigenvalue weighted by molar-refractivity contribution is 5.80. The van der Waals surface area contributed by atoms with Crippen molar-refractivity contribution in [1.82, 2.24) is 0 Å². The van der Waals surface area contributed by atoms with Gasteiger partial charge in [-0.25, -0.2) is 0 Å². The Hall–Kier alpha value is -0.570. The lowest BCUT2D eigenvalue weighted by Crippen LogP contribution is -2.56. The number of carbonyl (C=O) groups excluding carboxylic acids is 1. The highest BCUT2D eigenvalue weighted by Crippen LogP contribution is 2.75. The van der Waals surface area contributed by atoms with Crippen LogP contribution in [0.5, 0.6) is 0 Å². The predicted octanol–water partition coefficient (Wildman–Crippen LogP) is 4.57. The molecule has 2 rings (SSSR count). The van der Waals surface area contributed by atoms with Crippen molar-refractivity contribution in [2.24, 2.45) is 28.1 Å². The van der Waals surface area contributed by atoms with Crippen LogP contribution in [0.4, 0.5) is 0 Å². The Bertz CT molecular complexity index is 498. The molecule has 2 aliphatic carbocycles. The van der Waals surface area contributed by atoms with E-state index in [1.807, 2.05) is 0 Å². The van der Waals surface area contributed by atoms with Crippen LogP contribution in [0.2, 0.25) is 0 Å². The number of hydrogen-bond donors (Lipinski definition) is 1. The minimum atomic E-state index is -1.07. The predicted molar refractivity (Wildman–Crippen MR) is 93.0 cm³/mol. The van der Waals surface area contributed by atoms with E-state index in [1.165, 1.54) is 6.42 Å². The average molecular weight is 325 g/mol. The second kappa shape index (κ2) is 4.97. The van der Waals surface area contributed by atoms with Crippen LogP contribution in [0.1, 0.15) is 81.6 Å². The largest absolute Gasteiger partial charge is 0.456 e. The minimum Gasteiger partial charge on any atom is -0.456 e. The van der Waals surface area contributed by atoms with Crippen molar-refractivity contribution in [3.63, 3.8) is 0 Å². The first-order valence-electron chi connectivity index (χ1n) is 9.09. The molecule has 0 heterocycles. The smallest absolute Gasteiger partial charge is 0.313 e. The first-order chi connectivity index (χ1) is 10.1. The molecule has 3 unspecified atom stereocenters. The summed E-state index contributed by atoms with van der Waals surface area (Å²) in [6.45, 7) is 18.3. The zero-order valence-corrected chi connectivity index (χ0v) is 16.5. The zero-order chi connectivity index (χ0) is 18.1. The third-order valence-electron chi connectivity index (χ3n) is 8.16. The molecule has 0 aliphatic heterocycles. The van der Waals surface area contributed by atoms with E-state index in [9.17, 15) is 9.90 Å². The van der Waals surface area contributed by atoms with Gasteiger partial charge in [-0.05, 0) is 69.6 Å². The van der Waals surface area contributed by atoms with Crippen LogP contribution in [0.15, 0.2) is 0 Å². The van der Waals surface area contributed by atoms with E-state index in [0.717, 1.165) is 12.8 Å². The van der Waals surface area contributed by atoms with Crippen molar-refractivity contribution in [2.75, 3.05) is 0 Å². The lowest BCUT2D eigenvalue weighted by Gasteiger charge is -2.51. The molecule has 0 amide bonds. The first-order valence-corrected chi connectivity index (χ1v) is 9.09. The molecule has 2 aliphatic rings. The quantitative estimate of drug-likeness (QED) is 0.771. The van der Waals surface area contributed by atoms with Crippen molar-refractivity contribution in [1.29, 1.82) is 0 Å². The Morgan fingerprint density at radius 3 is 2.00 bits per heavy atom. The molecule has 0 saturated heterocycles. The summed E-state index contributed by atoms with van der Waals surface area (Å²) in [5.74, 6) is 0.687. The summed E-state index contributed by atoms with van der Waals surface area (Å²) in [5, 5.41) is 10.4. The van der Waals surface area contributed by atoms with Crippen LogP contribution >= 0.6 is 0 Å². The summed E-state index contributed by atoms with van der Waals surface area (Å²) in [6, 6.07) is 0. The van der Waals surface area contributed by atoms with Crippen LogP contribution in [0.3, 0.4) is 0 Å². The van der Waals surface area contributed by atoms with Crippen molar-refractivity contribution in [3.8, 4) is 0 Å². The lowest BCUT2D eigenvalue weighted by molar-refractivity contribution is -0.205. The van der Waals surface area contributed by atoms with Gasteiger partial charge in [0.1, 0.15) is 5.60 Å². The van der Waals surface area contributed by atoms with E-state index in [0.29, 0.717) is 5.92 Å². The Labute approximate surface area is 142 Å². The van der Waals surface area contributed by atoms with Gasteiger partial charge < -0.3 is 9.84 Å². The van der Waals surface area contributed by atoms with Gasteiger partial charge in [-0.3, -0.25) is 4.79 Å². The Morgan fingerprint density at radius 1 is 1.17 bits per heavy atom. The van der Waals surface area contributed by atoms with Crippen LogP contribution in [0.25, 0.3) is 0 Å². The van der Waals surface area contributed by atoms with E-state index >= 15 is 0 Å². The molecular formula is C20H36O3. The maximum atomic E-state index is 13.4. The maximum absolute atomic E-state index is 13.4. The minimum absolute atomic E-state index is 0.0500. The van der Waals surface area contributed by atoms with E-state index in [1.54, 1.807) is 27.7 Å². The van der Waals surface area contributed by atoms with Gasteiger partial charge in [0.25, 0.3) is 0 Å². The number of rotatable bonds is 4. The van der Waals surface area contributed by atoms with Crippen LogP contribution in [-0.4, -0.2) is 22.3 Å². The molecule has 1 N–H and O–H groups in total. The topological polar surface area (TPSA) is 46.5 Å². The summed E-state index contributed by atoms with van der Waals surface area (Å²) < 4.78 is 5.97. The van der Waals surface area contributed by atoms with Gasteiger partial charge in [0.05, 0.1) is 11.0 Å². The number of ether oxygens (including phenoxy) is 1. The molecule has 0 radical (unpaired) electrons. The van der Waals surface area contributed by atoms with Gasteiger partial charge in [0.2, 0.25) is 0 Å². The highest BCUT2D eigenvalue weighted by atomic mass is 16.6. The van der Waals surface area contributed by atoms with Crippen molar-refractivity contribution in [2.45, 2.75) is 92.8 Å². The molecule has 0 aromatic heterocycles. The van der Waals surface area contributed by atoms with E-state index in [2.05, 4.69) is 34.6 Å². The lowest BCUT2D eigenvalue weighted by atomic mass is 9.54. The monoisotopic (exact) mass is 324 g/mol. The third kappa shape index (κ3) is 2.22. The van der Waals surface area contributed by atoms with Crippen molar-refractivity contribution in [3.05, 3.63) is 0 Å². The third-order valence-corrected chi connectivity index (χ3v) is 8.16. The highest BCUT2D eigenvalue weighted by Gasteiger charge is 2.73. The summed E-state index contributed by atoms with van der Waals surface area (Å²) in [6.07, 6.45) is 3.20. The zero-order valence-electron chi connectivity index (χ0n) is 16.5. The van der Waals surface area contributed by atoms with Gasteiger partial charge in [0.15, 0.2) is 0 Å². The standard InChI is InChI=1S/C20H36O3/c1-13(2)20(15(21)23-18(7,8)17(5,6)22)12-14-10-11-19(20,9)16(14,3)4/h13-14,22H,10-12H2,1-9H3.